The molecule has 1 unspecified atom stereocenters. The van der Waals surface area contributed by atoms with Crippen LogP contribution in [-0.2, 0) is 0 Å². The summed E-state index contributed by atoms with van der Waals surface area (Å²) in [6.45, 7) is 4.37. The van der Waals surface area contributed by atoms with E-state index < -0.39 is 6.43 Å². The van der Waals surface area contributed by atoms with E-state index in [1.807, 2.05) is 11.8 Å². The van der Waals surface area contributed by atoms with Gasteiger partial charge in [0.05, 0.1) is 6.54 Å². The van der Waals surface area contributed by atoms with Crippen molar-refractivity contribution >= 4 is 0 Å². The van der Waals surface area contributed by atoms with Crippen LogP contribution in [0.15, 0.2) is 0 Å². The number of piperidine rings is 1. The molecular formula is C11H22F2N2O. The summed E-state index contributed by atoms with van der Waals surface area (Å²) in [6, 6.07) is 0.419. The van der Waals surface area contributed by atoms with Crippen LogP contribution in [-0.4, -0.2) is 55.3 Å². The minimum absolute atomic E-state index is 0.0975. The first kappa shape index (κ1) is 13.8. The first-order valence-corrected chi connectivity index (χ1v) is 5.96. The molecule has 2 N–H and O–H groups in total. The Balaban J connectivity index is 2.12. The van der Waals surface area contributed by atoms with Crippen LogP contribution >= 0.6 is 0 Å². The molecule has 0 aromatic rings. The molecule has 1 fully saturated rings. The monoisotopic (exact) mass is 236 g/mol. The smallest absolute Gasteiger partial charge is 0.251 e. The summed E-state index contributed by atoms with van der Waals surface area (Å²) in [7, 11) is 0. The van der Waals surface area contributed by atoms with Gasteiger partial charge in [0.25, 0.3) is 6.43 Å². The van der Waals surface area contributed by atoms with Crippen molar-refractivity contribution in [2.24, 2.45) is 5.92 Å². The zero-order chi connectivity index (χ0) is 12.0. The molecule has 5 heteroatoms. The van der Waals surface area contributed by atoms with Gasteiger partial charge in [-0.15, -0.1) is 0 Å². The van der Waals surface area contributed by atoms with Gasteiger partial charge >= 0.3 is 0 Å². The van der Waals surface area contributed by atoms with E-state index in [2.05, 4.69) is 5.32 Å². The normalized spacial score (nSPS) is 21.6. The van der Waals surface area contributed by atoms with Crippen molar-refractivity contribution in [2.45, 2.75) is 32.2 Å². The molecule has 1 aliphatic heterocycles. The van der Waals surface area contributed by atoms with Gasteiger partial charge in [0.15, 0.2) is 0 Å². The molecule has 0 saturated carbocycles. The van der Waals surface area contributed by atoms with Gasteiger partial charge in [-0.25, -0.2) is 8.78 Å². The van der Waals surface area contributed by atoms with Crippen LogP contribution in [0.3, 0.4) is 0 Å². The SMILES string of the molecule is CC(CO)CNC1CCN(CC(F)F)CC1. The third-order valence-electron chi connectivity index (χ3n) is 3.05. The molecule has 1 saturated heterocycles. The Labute approximate surface area is 95.8 Å². The van der Waals surface area contributed by atoms with Crippen LogP contribution in [0.2, 0.25) is 0 Å². The van der Waals surface area contributed by atoms with E-state index in [9.17, 15) is 8.78 Å². The summed E-state index contributed by atoms with van der Waals surface area (Å²) in [4.78, 5) is 1.82. The quantitative estimate of drug-likeness (QED) is 0.720. The molecule has 1 rings (SSSR count). The lowest BCUT2D eigenvalue weighted by Gasteiger charge is -2.32. The molecule has 0 spiro atoms. The second-order valence-corrected chi connectivity index (χ2v) is 4.66. The van der Waals surface area contributed by atoms with Crippen LogP contribution < -0.4 is 5.32 Å². The highest BCUT2D eigenvalue weighted by molar-refractivity contribution is 4.77. The van der Waals surface area contributed by atoms with Crippen LogP contribution in [0.5, 0.6) is 0 Å². The van der Waals surface area contributed by atoms with Crippen molar-refractivity contribution < 1.29 is 13.9 Å². The zero-order valence-corrected chi connectivity index (χ0v) is 9.83. The number of nitrogens with zero attached hydrogens (tertiary/aromatic N) is 1. The molecule has 3 nitrogen and oxygen atoms in total. The molecule has 0 aromatic carbocycles. The first-order chi connectivity index (χ1) is 7.61. The fourth-order valence-corrected chi connectivity index (χ4v) is 1.95. The first-order valence-electron chi connectivity index (χ1n) is 5.96. The lowest BCUT2D eigenvalue weighted by Crippen LogP contribution is -2.45. The summed E-state index contributed by atoms with van der Waals surface area (Å²) < 4.78 is 24.3. The van der Waals surface area contributed by atoms with E-state index in [1.165, 1.54) is 0 Å². The molecule has 0 radical (unpaired) electrons. The minimum atomic E-state index is -2.22. The van der Waals surface area contributed by atoms with Crippen LogP contribution in [0, 0.1) is 5.92 Å². The van der Waals surface area contributed by atoms with E-state index in [0.29, 0.717) is 6.04 Å². The molecule has 0 amide bonds. The Bertz CT molecular complexity index is 185. The number of halogens is 2. The maximum atomic E-state index is 12.1. The summed E-state index contributed by atoms with van der Waals surface area (Å²) in [5, 5.41) is 12.2. The topological polar surface area (TPSA) is 35.5 Å². The van der Waals surface area contributed by atoms with Gasteiger partial charge in [-0.2, -0.15) is 0 Å². The van der Waals surface area contributed by atoms with E-state index >= 15 is 0 Å². The van der Waals surface area contributed by atoms with Crippen molar-refractivity contribution in [3.63, 3.8) is 0 Å². The lowest BCUT2D eigenvalue weighted by atomic mass is 10.0. The van der Waals surface area contributed by atoms with Gasteiger partial charge in [-0.05, 0) is 31.8 Å². The lowest BCUT2D eigenvalue weighted by molar-refractivity contribution is 0.0724. The number of alkyl halides is 2. The van der Waals surface area contributed by atoms with Gasteiger partial charge < -0.3 is 10.4 Å². The van der Waals surface area contributed by atoms with Gasteiger partial charge in [-0.3, -0.25) is 4.90 Å². The van der Waals surface area contributed by atoms with Crippen molar-refractivity contribution in [3.05, 3.63) is 0 Å². The van der Waals surface area contributed by atoms with Gasteiger partial charge in [-0.1, -0.05) is 6.92 Å². The second kappa shape index (κ2) is 7.14. The average Bonchev–Trinajstić information content (AvgIpc) is 2.27. The Morgan fingerprint density at radius 3 is 2.50 bits per heavy atom. The standard InChI is InChI=1S/C11H22F2N2O/c1-9(8-16)6-14-10-2-4-15(5-3-10)7-11(12)13/h9-11,14,16H,2-8H2,1H3. The average molecular weight is 236 g/mol. The highest BCUT2D eigenvalue weighted by atomic mass is 19.3. The highest BCUT2D eigenvalue weighted by Gasteiger charge is 2.21. The minimum Gasteiger partial charge on any atom is -0.396 e. The summed E-state index contributed by atoms with van der Waals surface area (Å²) in [5.74, 6) is 0.263. The summed E-state index contributed by atoms with van der Waals surface area (Å²) >= 11 is 0. The number of hydrogen-bond acceptors (Lipinski definition) is 3. The molecule has 96 valence electrons. The number of aliphatic hydroxyl groups excluding tert-OH is 1. The number of aliphatic hydroxyl groups is 1. The largest absolute Gasteiger partial charge is 0.396 e. The van der Waals surface area contributed by atoms with Crippen LogP contribution in [0.1, 0.15) is 19.8 Å². The second-order valence-electron chi connectivity index (χ2n) is 4.66. The maximum absolute atomic E-state index is 12.1. The number of likely N-dealkylation sites (tertiary alicyclic amines) is 1. The highest BCUT2D eigenvalue weighted by Crippen LogP contribution is 2.12. The van der Waals surface area contributed by atoms with Crippen molar-refractivity contribution in [2.75, 3.05) is 32.8 Å². The molecule has 16 heavy (non-hydrogen) atoms. The molecule has 0 bridgehead atoms. The van der Waals surface area contributed by atoms with E-state index in [0.717, 1.165) is 32.5 Å². The molecular weight excluding hydrogens is 214 g/mol. The fraction of sp³-hybridized carbons (Fsp3) is 1.00. The summed E-state index contributed by atoms with van der Waals surface area (Å²) in [6.07, 6.45) is -0.380. The molecule has 1 aliphatic rings. The fourth-order valence-electron chi connectivity index (χ4n) is 1.95. The zero-order valence-electron chi connectivity index (χ0n) is 9.83. The predicted octanol–water partition coefficient (Wildman–Crippen LogP) is 0.934. The van der Waals surface area contributed by atoms with Crippen LogP contribution in [0.4, 0.5) is 8.78 Å². The predicted molar refractivity (Wildman–Crippen MR) is 59.7 cm³/mol. The number of nitrogens with one attached hydrogen (secondary N) is 1. The van der Waals surface area contributed by atoms with E-state index in [-0.39, 0.29) is 19.1 Å². The van der Waals surface area contributed by atoms with Gasteiger partial charge in [0.2, 0.25) is 0 Å². The molecule has 0 aliphatic carbocycles. The van der Waals surface area contributed by atoms with E-state index in [1.54, 1.807) is 0 Å². The molecule has 0 aromatic heterocycles. The Hall–Kier alpha value is -0.260. The summed E-state index contributed by atoms with van der Waals surface area (Å²) in [5.41, 5.74) is 0. The third-order valence-corrected chi connectivity index (χ3v) is 3.05. The number of rotatable bonds is 6. The Morgan fingerprint density at radius 1 is 1.38 bits per heavy atom. The Kier molecular flexibility index (Phi) is 6.16. The van der Waals surface area contributed by atoms with Gasteiger partial charge in [0, 0.05) is 19.2 Å². The van der Waals surface area contributed by atoms with Crippen molar-refractivity contribution in [1.82, 2.24) is 10.2 Å². The van der Waals surface area contributed by atoms with Crippen molar-refractivity contribution in [3.8, 4) is 0 Å². The van der Waals surface area contributed by atoms with Gasteiger partial charge in [0.1, 0.15) is 0 Å². The number of hydrogen-bond donors (Lipinski definition) is 2. The van der Waals surface area contributed by atoms with E-state index in [4.69, 9.17) is 5.11 Å². The maximum Gasteiger partial charge on any atom is 0.251 e. The molecule has 1 heterocycles. The third kappa shape index (κ3) is 5.18. The van der Waals surface area contributed by atoms with Crippen molar-refractivity contribution in [1.29, 1.82) is 0 Å². The Morgan fingerprint density at radius 2 is 2.00 bits per heavy atom. The van der Waals surface area contributed by atoms with Crippen LogP contribution in [0.25, 0.3) is 0 Å². The molecule has 1 atom stereocenters.